The van der Waals surface area contributed by atoms with Gasteiger partial charge < -0.3 is 5.73 Å². The monoisotopic (exact) mass is 320 g/mol. The molecule has 0 saturated heterocycles. The van der Waals surface area contributed by atoms with Crippen molar-refractivity contribution in [2.75, 3.05) is 0 Å². The van der Waals surface area contributed by atoms with Crippen LogP contribution in [0.25, 0.3) is 0 Å². The number of rotatable bonds is 2. The topological polar surface area (TPSA) is 56.7 Å². The summed E-state index contributed by atoms with van der Waals surface area (Å²) in [4.78, 5) is 0. The average molecular weight is 321 g/mol. The van der Waals surface area contributed by atoms with Crippen molar-refractivity contribution in [2.24, 2.45) is 12.8 Å². The highest BCUT2D eigenvalue weighted by Crippen LogP contribution is 2.26. The van der Waals surface area contributed by atoms with Gasteiger partial charge in [-0.25, -0.2) is 17.9 Å². The predicted octanol–water partition coefficient (Wildman–Crippen LogP) is 2.04. The van der Waals surface area contributed by atoms with E-state index in [4.69, 9.17) is 5.73 Å². The Morgan fingerprint density at radius 1 is 1.28 bits per heavy atom. The molecule has 1 heterocycles. The Bertz CT molecular complexity index is 556. The molecular weight excluding hydrogens is 313 g/mol. The number of halogens is 4. The molecule has 18 heavy (non-hydrogen) atoms. The van der Waals surface area contributed by atoms with Crippen molar-refractivity contribution in [2.45, 2.75) is 6.04 Å². The number of benzene rings is 1. The van der Waals surface area contributed by atoms with Gasteiger partial charge in [0, 0.05) is 7.05 Å². The summed E-state index contributed by atoms with van der Waals surface area (Å²) < 4.78 is 40.8. The fourth-order valence-corrected chi connectivity index (χ4v) is 2.16. The van der Waals surface area contributed by atoms with Gasteiger partial charge >= 0.3 is 0 Å². The zero-order valence-electron chi connectivity index (χ0n) is 9.16. The highest BCUT2D eigenvalue weighted by Gasteiger charge is 2.21. The molecule has 2 rings (SSSR count). The summed E-state index contributed by atoms with van der Waals surface area (Å²) in [5.74, 6) is -4.09. The van der Waals surface area contributed by atoms with Gasteiger partial charge in [0.05, 0.1) is 11.7 Å². The van der Waals surface area contributed by atoms with E-state index in [-0.39, 0.29) is 5.56 Å². The van der Waals surface area contributed by atoms with Gasteiger partial charge in [-0.15, -0.1) is 5.10 Å². The van der Waals surface area contributed by atoms with Crippen molar-refractivity contribution in [3.05, 3.63) is 45.4 Å². The summed E-state index contributed by atoms with van der Waals surface area (Å²) in [6, 6.07) is 0.828. The average Bonchev–Trinajstić information content (AvgIpc) is 2.64. The van der Waals surface area contributed by atoms with Crippen molar-refractivity contribution in [1.82, 2.24) is 15.0 Å². The zero-order chi connectivity index (χ0) is 13.4. The summed E-state index contributed by atoms with van der Waals surface area (Å²) in [7, 11) is 1.59. The molecule has 0 saturated carbocycles. The van der Waals surface area contributed by atoms with Gasteiger partial charge in [0.2, 0.25) is 0 Å². The van der Waals surface area contributed by atoms with E-state index in [1.807, 2.05) is 0 Å². The number of nitrogens with two attached hydrogens (primary N) is 1. The SMILES string of the molecule is Cn1nnc(Br)c1C(N)c1cc(F)c(F)c(F)c1. The standard InChI is InChI=1S/C10H8BrF3N4/c1-18-9(10(11)16-17-18)8(15)4-2-5(12)7(14)6(13)3-4/h2-3,8H,15H2,1H3. The van der Waals surface area contributed by atoms with Gasteiger partial charge in [-0.2, -0.15) is 0 Å². The first kappa shape index (κ1) is 13.0. The van der Waals surface area contributed by atoms with Crippen molar-refractivity contribution < 1.29 is 13.2 Å². The second-order valence-electron chi connectivity index (χ2n) is 3.67. The minimum absolute atomic E-state index is 0.0949. The van der Waals surface area contributed by atoms with Crippen LogP contribution in [0.4, 0.5) is 13.2 Å². The van der Waals surface area contributed by atoms with Crippen LogP contribution in [0.1, 0.15) is 17.3 Å². The lowest BCUT2D eigenvalue weighted by atomic mass is 10.0. The van der Waals surface area contributed by atoms with Gasteiger partial charge in [0.25, 0.3) is 0 Å². The molecule has 0 aliphatic rings. The van der Waals surface area contributed by atoms with Gasteiger partial charge in [0.15, 0.2) is 22.1 Å². The number of hydrogen-bond acceptors (Lipinski definition) is 3. The molecule has 0 aliphatic carbocycles. The Morgan fingerprint density at radius 3 is 2.28 bits per heavy atom. The quantitative estimate of drug-likeness (QED) is 0.861. The minimum Gasteiger partial charge on any atom is -0.319 e. The maximum atomic E-state index is 13.1. The lowest BCUT2D eigenvalue weighted by Crippen LogP contribution is -2.17. The smallest absolute Gasteiger partial charge is 0.194 e. The van der Waals surface area contributed by atoms with E-state index in [0.29, 0.717) is 10.3 Å². The van der Waals surface area contributed by atoms with Crippen LogP contribution < -0.4 is 5.73 Å². The largest absolute Gasteiger partial charge is 0.319 e. The van der Waals surface area contributed by atoms with Crippen molar-refractivity contribution in [3.8, 4) is 0 Å². The molecule has 2 N–H and O–H groups in total. The van der Waals surface area contributed by atoms with Crippen LogP contribution in [0, 0.1) is 17.5 Å². The molecule has 4 nitrogen and oxygen atoms in total. The lowest BCUT2D eigenvalue weighted by molar-refractivity contribution is 0.444. The van der Waals surface area contributed by atoms with E-state index < -0.39 is 23.5 Å². The van der Waals surface area contributed by atoms with Gasteiger partial charge in [-0.05, 0) is 33.6 Å². The normalized spacial score (nSPS) is 12.8. The number of hydrogen-bond donors (Lipinski definition) is 1. The summed E-state index contributed by atoms with van der Waals surface area (Å²) in [5.41, 5.74) is 6.39. The molecule has 2 aromatic rings. The van der Waals surface area contributed by atoms with E-state index in [0.717, 1.165) is 12.1 Å². The molecule has 1 atom stereocenters. The zero-order valence-corrected chi connectivity index (χ0v) is 10.7. The predicted molar refractivity (Wildman–Crippen MR) is 61.0 cm³/mol. The first-order valence-corrected chi connectivity index (χ1v) is 5.66. The molecule has 0 aliphatic heterocycles. The Hall–Kier alpha value is -1.41. The maximum Gasteiger partial charge on any atom is 0.194 e. The number of nitrogens with zero attached hydrogens (tertiary/aromatic N) is 3. The molecule has 0 fully saturated rings. The summed E-state index contributed by atoms with van der Waals surface area (Å²) in [6.07, 6.45) is 0. The number of aromatic nitrogens is 3. The summed E-state index contributed by atoms with van der Waals surface area (Å²) >= 11 is 3.13. The van der Waals surface area contributed by atoms with Crippen LogP contribution in [0.5, 0.6) is 0 Å². The molecule has 0 radical (unpaired) electrons. The second kappa shape index (κ2) is 4.69. The maximum absolute atomic E-state index is 13.1. The highest BCUT2D eigenvalue weighted by molar-refractivity contribution is 9.10. The van der Waals surface area contributed by atoms with Crippen molar-refractivity contribution in [3.63, 3.8) is 0 Å². The van der Waals surface area contributed by atoms with Gasteiger partial charge in [-0.3, -0.25) is 0 Å². The molecular formula is C10H8BrF3N4. The third-order valence-corrected chi connectivity index (χ3v) is 3.05. The third kappa shape index (κ3) is 2.13. The van der Waals surface area contributed by atoms with Crippen LogP contribution in [-0.2, 0) is 7.05 Å². The van der Waals surface area contributed by atoms with E-state index in [9.17, 15) is 13.2 Å². The first-order chi connectivity index (χ1) is 8.41. The van der Waals surface area contributed by atoms with Gasteiger partial charge in [-0.1, -0.05) is 5.21 Å². The Morgan fingerprint density at radius 2 is 1.83 bits per heavy atom. The van der Waals surface area contributed by atoms with Crippen LogP contribution in [0.3, 0.4) is 0 Å². The van der Waals surface area contributed by atoms with Crippen molar-refractivity contribution >= 4 is 15.9 Å². The Kier molecular flexibility index (Phi) is 3.40. The third-order valence-electron chi connectivity index (χ3n) is 2.49. The summed E-state index contributed by atoms with van der Waals surface area (Å²) in [6.45, 7) is 0. The molecule has 8 heteroatoms. The Labute approximate surface area is 109 Å². The molecule has 0 amide bonds. The lowest BCUT2D eigenvalue weighted by Gasteiger charge is -2.13. The number of aryl methyl sites for hydroxylation is 1. The molecule has 1 unspecified atom stereocenters. The molecule has 0 bridgehead atoms. The van der Waals surface area contributed by atoms with Crippen molar-refractivity contribution in [1.29, 1.82) is 0 Å². The minimum atomic E-state index is -1.52. The van der Waals surface area contributed by atoms with E-state index in [2.05, 4.69) is 26.2 Å². The van der Waals surface area contributed by atoms with E-state index in [1.165, 1.54) is 4.68 Å². The fraction of sp³-hybridized carbons (Fsp3) is 0.200. The second-order valence-corrected chi connectivity index (χ2v) is 4.42. The highest BCUT2D eigenvalue weighted by atomic mass is 79.9. The fourth-order valence-electron chi connectivity index (χ4n) is 1.58. The van der Waals surface area contributed by atoms with Gasteiger partial charge in [0.1, 0.15) is 0 Å². The molecule has 1 aromatic carbocycles. The molecule has 96 valence electrons. The summed E-state index contributed by atoms with van der Waals surface area (Å²) in [5, 5.41) is 7.42. The van der Waals surface area contributed by atoms with E-state index in [1.54, 1.807) is 7.05 Å². The van der Waals surface area contributed by atoms with E-state index >= 15 is 0 Å². The first-order valence-electron chi connectivity index (χ1n) is 4.87. The van der Waals surface area contributed by atoms with Crippen LogP contribution in [0.2, 0.25) is 0 Å². The Balaban J connectivity index is 2.50. The van der Waals surface area contributed by atoms with Crippen LogP contribution in [0.15, 0.2) is 16.7 Å². The molecule has 1 aromatic heterocycles. The van der Waals surface area contributed by atoms with Crippen LogP contribution >= 0.6 is 15.9 Å². The molecule has 0 spiro atoms. The van der Waals surface area contributed by atoms with Crippen LogP contribution in [-0.4, -0.2) is 15.0 Å².